The minimum absolute atomic E-state index is 0.221. The topological polar surface area (TPSA) is 123 Å². The molecule has 0 radical (unpaired) electrons. The lowest BCUT2D eigenvalue weighted by atomic mass is 10.0. The predicted octanol–water partition coefficient (Wildman–Crippen LogP) is 5.80. The number of esters is 2. The molecular formula is C25H46O8Si. The van der Waals surface area contributed by atoms with Crippen molar-refractivity contribution >= 4 is 20.3 Å². The van der Waals surface area contributed by atoms with Crippen molar-refractivity contribution in [3.05, 3.63) is 11.5 Å². The van der Waals surface area contributed by atoms with Crippen LogP contribution in [0, 0.1) is 0 Å². The molecule has 0 aromatic rings. The number of ether oxygens (including phenoxy) is 2. The number of unbranched alkanes of at least 4 members (excludes halogenated alkanes) is 12. The largest absolute Gasteiger partial charge is 0.503 e. The average Bonchev–Trinajstić information content (AvgIpc) is 2.98. The Morgan fingerprint density at radius 3 is 1.79 bits per heavy atom. The molecule has 0 amide bonds. The number of hydrogen-bond donors (Lipinski definition) is 3. The molecule has 1 aliphatic rings. The van der Waals surface area contributed by atoms with E-state index in [0.717, 1.165) is 12.8 Å². The molecule has 3 N–H and O–H groups in total. The summed E-state index contributed by atoms with van der Waals surface area (Å²) in [6, 6.07) is 0. The molecule has 0 aromatic carbocycles. The zero-order chi connectivity index (χ0) is 25.6. The first-order valence-corrected chi connectivity index (χ1v) is 16.3. The highest BCUT2D eigenvalue weighted by molar-refractivity contribution is 6.69. The van der Waals surface area contributed by atoms with Crippen LogP contribution >= 0.6 is 0 Å². The van der Waals surface area contributed by atoms with Crippen molar-refractivity contribution in [1.82, 2.24) is 0 Å². The molecule has 1 rings (SSSR count). The van der Waals surface area contributed by atoms with E-state index in [2.05, 4.69) is 6.92 Å². The van der Waals surface area contributed by atoms with Crippen molar-refractivity contribution in [2.45, 2.75) is 128 Å². The SMILES string of the molecule is CCCCCCCCCCCCCCCC(=O)OC[C@H](O)[C@@]1(O[Si](C)(C)C)OC(=O)C(O)=C1O. The summed E-state index contributed by atoms with van der Waals surface area (Å²) < 4.78 is 15.8. The van der Waals surface area contributed by atoms with Crippen molar-refractivity contribution in [3.8, 4) is 0 Å². The number of aliphatic hydroxyl groups excluding tert-OH is 3. The summed E-state index contributed by atoms with van der Waals surface area (Å²) in [4.78, 5) is 23.8. The highest BCUT2D eigenvalue weighted by atomic mass is 28.4. The van der Waals surface area contributed by atoms with Gasteiger partial charge in [-0.3, -0.25) is 4.79 Å². The second kappa shape index (κ2) is 15.4. The molecule has 8 nitrogen and oxygen atoms in total. The summed E-state index contributed by atoms with van der Waals surface area (Å²) in [5.41, 5.74) is 0. The van der Waals surface area contributed by atoms with Gasteiger partial charge in [0.05, 0.1) is 0 Å². The first kappa shape index (κ1) is 30.4. The van der Waals surface area contributed by atoms with Crippen LogP contribution in [-0.4, -0.2) is 54.1 Å². The Balaban J connectivity index is 2.22. The summed E-state index contributed by atoms with van der Waals surface area (Å²) in [7, 11) is -2.45. The highest BCUT2D eigenvalue weighted by Gasteiger charge is 2.57. The fourth-order valence-electron chi connectivity index (χ4n) is 3.95. The van der Waals surface area contributed by atoms with Crippen molar-refractivity contribution in [3.63, 3.8) is 0 Å². The fraction of sp³-hybridized carbons (Fsp3) is 0.840. The molecule has 198 valence electrons. The second-order valence-corrected chi connectivity index (χ2v) is 14.6. The lowest BCUT2D eigenvalue weighted by Crippen LogP contribution is -2.54. The van der Waals surface area contributed by atoms with Crippen LogP contribution in [0.2, 0.25) is 19.6 Å². The van der Waals surface area contributed by atoms with Gasteiger partial charge in [0.15, 0.2) is 14.4 Å². The predicted molar refractivity (Wildman–Crippen MR) is 133 cm³/mol. The van der Waals surface area contributed by atoms with E-state index < -0.39 is 50.3 Å². The smallest absolute Gasteiger partial charge is 0.380 e. The van der Waals surface area contributed by atoms with Crippen LogP contribution in [0.5, 0.6) is 0 Å². The molecule has 0 spiro atoms. The van der Waals surface area contributed by atoms with Crippen molar-refractivity contribution < 1.29 is 38.8 Å². The first-order valence-electron chi connectivity index (χ1n) is 12.9. The standard InChI is InChI=1S/C25H46O8Si/c1-5-6-7-8-9-10-11-12-13-14-15-16-17-18-21(27)31-19-20(26)25(33-34(2,3)4)23(29)22(28)24(30)32-25/h20,26,28-29H,5-19H2,1-4H3/t20-,25-/m0/s1. The van der Waals surface area contributed by atoms with Gasteiger partial charge in [-0.25, -0.2) is 4.79 Å². The number of rotatable bonds is 19. The Morgan fingerprint density at radius 2 is 1.38 bits per heavy atom. The molecule has 1 aliphatic heterocycles. The van der Waals surface area contributed by atoms with Crippen LogP contribution in [0.15, 0.2) is 11.5 Å². The van der Waals surface area contributed by atoms with Crippen LogP contribution in [0.4, 0.5) is 0 Å². The van der Waals surface area contributed by atoms with Gasteiger partial charge in [-0.1, -0.05) is 84.0 Å². The lowest BCUT2D eigenvalue weighted by Gasteiger charge is -2.36. The number of hydrogen-bond acceptors (Lipinski definition) is 8. The second-order valence-electron chi connectivity index (χ2n) is 10.2. The number of aliphatic hydroxyl groups is 3. The van der Waals surface area contributed by atoms with Gasteiger partial charge in [0.2, 0.25) is 11.5 Å². The zero-order valence-electron chi connectivity index (χ0n) is 21.6. The Morgan fingerprint density at radius 1 is 0.912 bits per heavy atom. The monoisotopic (exact) mass is 502 g/mol. The maximum atomic E-state index is 12.1. The normalized spacial score (nSPS) is 19.4. The third kappa shape index (κ3) is 10.8. The van der Waals surface area contributed by atoms with Gasteiger partial charge in [0, 0.05) is 6.42 Å². The van der Waals surface area contributed by atoms with Gasteiger partial charge >= 0.3 is 11.9 Å². The maximum Gasteiger partial charge on any atom is 0.380 e. The number of carbonyl (C=O) groups is 2. The summed E-state index contributed by atoms with van der Waals surface area (Å²) in [6.45, 7) is 6.99. The molecule has 34 heavy (non-hydrogen) atoms. The molecule has 0 aromatic heterocycles. The fourth-order valence-corrected chi connectivity index (χ4v) is 5.14. The Labute approximate surface area is 205 Å². The minimum Gasteiger partial charge on any atom is -0.503 e. The lowest BCUT2D eigenvalue weighted by molar-refractivity contribution is -0.225. The molecule has 0 aliphatic carbocycles. The minimum atomic E-state index is -2.45. The molecule has 1 heterocycles. The Kier molecular flexibility index (Phi) is 13.8. The molecule has 0 unspecified atom stereocenters. The summed E-state index contributed by atoms with van der Waals surface area (Å²) >= 11 is 0. The third-order valence-corrected chi connectivity index (χ3v) is 6.69. The first-order chi connectivity index (χ1) is 16.0. The molecule has 0 saturated carbocycles. The van der Waals surface area contributed by atoms with Crippen LogP contribution in [0.25, 0.3) is 0 Å². The van der Waals surface area contributed by atoms with Crippen LogP contribution in [-0.2, 0) is 23.5 Å². The van der Waals surface area contributed by atoms with Crippen molar-refractivity contribution in [1.29, 1.82) is 0 Å². The van der Waals surface area contributed by atoms with Gasteiger partial charge in [-0.2, -0.15) is 0 Å². The van der Waals surface area contributed by atoms with Crippen LogP contribution in [0.3, 0.4) is 0 Å². The molecule has 0 saturated heterocycles. The van der Waals surface area contributed by atoms with E-state index in [-0.39, 0.29) is 6.42 Å². The van der Waals surface area contributed by atoms with E-state index >= 15 is 0 Å². The molecule has 9 heteroatoms. The van der Waals surface area contributed by atoms with E-state index in [4.69, 9.17) is 13.9 Å². The molecule has 2 atom stereocenters. The third-order valence-electron chi connectivity index (χ3n) is 5.78. The molecule has 0 fully saturated rings. The number of carbonyl (C=O) groups excluding carboxylic acids is 2. The van der Waals surface area contributed by atoms with Crippen LogP contribution < -0.4 is 0 Å². The van der Waals surface area contributed by atoms with Gasteiger partial charge in [0.25, 0.3) is 5.79 Å². The molecular weight excluding hydrogens is 456 g/mol. The van der Waals surface area contributed by atoms with E-state index in [1.807, 2.05) is 0 Å². The summed E-state index contributed by atoms with van der Waals surface area (Å²) in [6.07, 6.45) is 14.3. The van der Waals surface area contributed by atoms with Crippen LogP contribution in [0.1, 0.15) is 96.8 Å². The maximum absolute atomic E-state index is 12.1. The van der Waals surface area contributed by atoms with Crippen molar-refractivity contribution in [2.24, 2.45) is 0 Å². The highest BCUT2D eigenvalue weighted by Crippen LogP contribution is 2.37. The van der Waals surface area contributed by atoms with Gasteiger partial charge in [-0.05, 0) is 26.1 Å². The van der Waals surface area contributed by atoms with E-state index in [0.29, 0.717) is 6.42 Å². The summed E-state index contributed by atoms with van der Waals surface area (Å²) in [5, 5.41) is 30.4. The van der Waals surface area contributed by atoms with E-state index in [1.54, 1.807) is 19.6 Å². The Hall–Kier alpha value is -1.58. The zero-order valence-corrected chi connectivity index (χ0v) is 22.6. The van der Waals surface area contributed by atoms with Gasteiger partial charge < -0.3 is 29.2 Å². The van der Waals surface area contributed by atoms with Gasteiger partial charge in [0.1, 0.15) is 6.61 Å². The quantitative estimate of drug-likeness (QED) is 0.115. The number of cyclic esters (lactones) is 1. The Bertz CT molecular complexity index is 658. The average molecular weight is 503 g/mol. The van der Waals surface area contributed by atoms with E-state index in [1.165, 1.54) is 64.2 Å². The van der Waals surface area contributed by atoms with Gasteiger partial charge in [-0.15, -0.1) is 0 Å². The van der Waals surface area contributed by atoms with E-state index in [9.17, 15) is 24.9 Å². The van der Waals surface area contributed by atoms with Crippen molar-refractivity contribution in [2.75, 3.05) is 6.61 Å². The summed E-state index contributed by atoms with van der Waals surface area (Å²) in [5.74, 6) is -5.87. The molecule has 0 bridgehead atoms.